The summed E-state index contributed by atoms with van der Waals surface area (Å²) >= 11 is 0. The molecule has 7 nitrogen and oxygen atoms in total. The molecule has 0 aliphatic heterocycles. The first-order chi connectivity index (χ1) is 16.6. The maximum absolute atomic E-state index is 12.5. The van der Waals surface area contributed by atoms with Gasteiger partial charge < -0.3 is 27.2 Å². The van der Waals surface area contributed by atoms with Crippen molar-refractivity contribution in [3.8, 4) is 0 Å². The molecule has 0 aromatic rings. The Morgan fingerprint density at radius 1 is 0.706 bits per heavy atom. The number of unbranched alkanes of at least 4 members (excludes halogenated alkanes) is 16. The summed E-state index contributed by atoms with van der Waals surface area (Å²) in [5, 5.41) is 14.6. The number of hydrogen-bond donors (Lipinski definition) is 5. The molecule has 0 aromatic heterocycles. The van der Waals surface area contributed by atoms with E-state index in [1.165, 1.54) is 89.9 Å². The molecule has 2 amide bonds. The zero-order valence-electron chi connectivity index (χ0n) is 22.1. The van der Waals surface area contributed by atoms with Crippen molar-refractivity contribution in [1.82, 2.24) is 10.6 Å². The summed E-state index contributed by atoms with van der Waals surface area (Å²) in [7, 11) is 0. The number of amides is 2. The van der Waals surface area contributed by atoms with Gasteiger partial charge in [-0.25, -0.2) is 0 Å². The first kappa shape index (κ1) is 32.8. The average molecular weight is 485 g/mol. The minimum atomic E-state index is -1.01. The monoisotopic (exact) mass is 484 g/mol. The average Bonchev–Trinajstić information content (AvgIpc) is 2.84. The molecule has 202 valence electrons. The number of nitrogens with two attached hydrogens (primary N) is 2. The molecule has 2 atom stereocenters. The van der Waals surface area contributed by atoms with Gasteiger partial charge in [-0.3, -0.25) is 9.59 Å². The lowest BCUT2D eigenvalue weighted by molar-refractivity contribution is -0.130. The molecule has 34 heavy (non-hydrogen) atoms. The minimum absolute atomic E-state index is 0.184. The standard InChI is InChI=1S/C27H56N4O3/c1-2-3-4-5-6-7-8-9-10-11-12-13-14-15-16-19-22-30-27(34)25(20-17-18-21-28)31-26(33)24(29)23-32/h24-25,32H,2-23,28-29H2,1H3,(H,30,34)(H,31,33)/t24-,25-/m0/s1. The zero-order valence-corrected chi connectivity index (χ0v) is 22.1. The molecule has 0 radical (unpaired) electrons. The first-order valence-electron chi connectivity index (χ1n) is 14.2. The van der Waals surface area contributed by atoms with Crippen molar-refractivity contribution in [1.29, 1.82) is 0 Å². The Hall–Kier alpha value is -1.18. The van der Waals surface area contributed by atoms with E-state index in [1.54, 1.807) is 0 Å². The van der Waals surface area contributed by atoms with E-state index in [0.717, 1.165) is 25.7 Å². The summed E-state index contributed by atoms with van der Waals surface area (Å²) in [6.07, 6.45) is 23.2. The highest BCUT2D eigenvalue weighted by molar-refractivity contribution is 5.89. The van der Waals surface area contributed by atoms with E-state index >= 15 is 0 Å². The van der Waals surface area contributed by atoms with Crippen molar-refractivity contribution >= 4 is 11.8 Å². The summed E-state index contributed by atoms with van der Waals surface area (Å²) in [5.41, 5.74) is 11.1. The van der Waals surface area contributed by atoms with Crippen LogP contribution in [0.3, 0.4) is 0 Å². The quantitative estimate of drug-likeness (QED) is 0.123. The topological polar surface area (TPSA) is 130 Å². The van der Waals surface area contributed by atoms with Crippen LogP contribution in [0.1, 0.15) is 129 Å². The van der Waals surface area contributed by atoms with Crippen molar-refractivity contribution < 1.29 is 14.7 Å². The molecule has 0 fully saturated rings. The largest absolute Gasteiger partial charge is 0.394 e. The maximum Gasteiger partial charge on any atom is 0.242 e. The number of aliphatic hydroxyl groups excluding tert-OH is 1. The number of hydrogen-bond acceptors (Lipinski definition) is 5. The molecule has 0 bridgehead atoms. The molecule has 7 heteroatoms. The van der Waals surface area contributed by atoms with Crippen LogP contribution in [0.2, 0.25) is 0 Å². The van der Waals surface area contributed by atoms with Gasteiger partial charge in [0.1, 0.15) is 12.1 Å². The van der Waals surface area contributed by atoms with Gasteiger partial charge in [0.25, 0.3) is 0 Å². The van der Waals surface area contributed by atoms with Crippen molar-refractivity contribution in [2.45, 2.75) is 141 Å². The number of rotatable bonds is 25. The zero-order chi connectivity index (χ0) is 25.3. The van der Waals surface area contributed by atoms with Gasteiger partial charge in [-0.05, 0) is 32.2 Å². The van der Waals surface area contributed by atoms with Gasteiger partial charge in [0.2, 0.25) is 11.8 Å². The predicted octanol–water partition coefficient (Wildman–Crippen LogP) is 4.30. The molecule has 0 saturated heterocycles. The summed E-state index contributed by atoms with van der Waals surface area (Å²) in [6.45, 7) is 3.00. The van der Waals surface area contributed by atoms with Crippen molar-refractivity contribution in [2.75, 3.05) is 19.7 Å². The van der Waals surface area contributed by atoms with Crippen molar-refractivity contribution in [3.05, 3.63) is 0 Å². The molecule has 0 unspecified atom stereocenters. The Labute approximate surface area is 209 Å². The van der Waals surface area contributed by atoms with Crippen molar-refractivity contribution in [3.63, 3.8) is 0 Å². The normalized spacial score (nSPS) is 12.9. The third kappa shape index (κ3) is 20.2. The van der Waals surface area contributed by atoms with Gasteiger partial charge in [0.05, 0.1) is 6.61 Å². The van der Waals surface area contributed by atoms with E-state index < -0.39 is 24.6 Å². The van der Waals surface area contributed by atoms with Crippen LogP contribution in [0.5, 0.6) is 0 Å². The Morgan fingerprint density at radius 3 is 1.62 bits per heavy atom. The molecule has 0 heterocycles. The fourth-order valence-corrected chi connectivity index (χ4v) is 4.13. The summed E-state index contributed by atoms with van der Waals surface area (Å²) in [4.78, 5) is 24.4. The van der Waals surface area contributed by atoms with Crippen LogP contribution >= 0.6 is 0 Å². The summed E-state index contributed by atoms with van der Waals surface area (Å²) in [5.74, 6) is -0.686. The van der Waals surface area contributed by atoms with Crippen LogP contribution in [0.4, 0.5) is 0 Å². The van der Waals surface area contributed by atoms with E-state index in [1.807, 2.05) is 0 Å². The smallest absolute Gasteiger partial charge is 0.242 e. The highest BCUT2D eigenvalue weighted by Crippen LogP contribution is 2.13. The first-order valence-corrected chi connectivity index (χ1v) is 14.2. The number of carbonyl (C=O) groups excluding carboxylic acids is 2. The number of carbonyl (C=O) groups is 2. The number of aliphatic hydroxyl groups is 1. The van der Waals surface area contributed by atoms with E-state index in [9.17, 15) is 9.59 Å². The summed E-state index contributed by atoms with van der Waals surface area (Å²) < 4.78 is 0. The van der Waals surface area contributed by atoms with E-state index in [2.05, 4.69) is 17.6 Å². The molecular weight excluding hydrogens is 428 g/mol. The highest BCUT2D eigenvalue weighted by Gasteiger charge is 2.22. The fraction of sp³-hybridized carbons (Fsp3) is 0.926. The Kier molecular flexibility index (Phi) is 24.1. The molecule has 0 spiro atoms. The van der Waals surface area contributed by atoms with Crippen LogP contribution in [0.25, 0.3) is 0 Å². The molecule has 0 aromatic carbocycles. The van der Waals surface area contributed by atoms with Gasteiger partial charge in [0.15, 0.2) is 0 Å². The highest BCUT2D eigenvalue weighted by atomic mass is 16.3. The third-order valence-electron chi connectivity index (χ3n) is 6.44. The Morgan fingerprint density at radius 2 is 1.18 bits per heavy atom. The molecule has 0 aliphatic rings. The number of nitrogens with one attached hydrogen (secondary N) is 2. The third-order valence-corrected chi connectivity index (χ3v) is 6.44. The molecule has 7 N–H and O–H groups in total. The lowest BCUT2D eigenvalue weighted by Crippen LogP contribution is -2.52. The molecule has 0 saturated carbocycles. The van der Waals surface area contributed by atoms with Crippen LogP contribution in [0.15, 0.2) is 0 Å². The SMILES string of the molecule is CCCCCCCCCCCCCCCCCCNC(=O)[C@H](CCCCN)NC(=O)[C@@H](N)CO. The Balaban J connectivity index is 3.69. The van der Waals surface area contributed by atoms with Gasteiger partial charge in [-0.2, -0.15) is 0 Å². The maximum atomic E-state index is 12.5. The van der Waals surface area contributed by atoms with Gasteiger partial charge in [0, 0.05) is 6.54 Å². The second-order valence-corrected chi connectivity index (χ2v) is 9.73. The van der Waals surface area contributed by atoms with Gasteiger partial charge in [-0.15, -0.1) is 0 Å². The lowest BCUT2D eigenvalue weighted by atomic mass is 10.0. The van der Waals surface area contributed by atoms with Crippen LogP contribution in [-0.4, -0.2) is 48.7 Å². The van der Waals surface area contributed by atoms with Crippen molar-refractivity contribution in [2.24, 2.45) is 11.5 Å². The van der Waals surface area contributed by atoms with E-state index in [0.29, 0.717) is 19.5 Å². The van der Waals surface area contributed by atoms with E-state index in [4.69, 9.17) is 16.6 Å². The molecule has 0 aliphatic carbocycles. The predicted molar refractivity (Wildman–Crippen MR) is 142 cm³/mol. The van der Waals surface area contributed by atoms with Gasteiger partial charge in [-0.1, -0.05) is 103 Å². The van der Waals surface area contributed by atoms with E-state index in [-0.39, 0.29) is 5.91 Å². The molecule has 0 rings (SSSR count). The van der Waals surface area contributed by atoms with Gasteiger partial charge >= 0.3 is 0 Å². The Bertz CT molecular complexity index is 477. The lowest BCUT2D eigenvalue weighted by Gasteiger charge is -2.20. The van der Waals surface area contributed by atoms with Crippen LogP contribution in [0, 0.1) is 0 Å². The summed E-state index contributed by atoms with van der Waals surface area (Å²) in [6, 6.07) is -1.64. The van der Waals surface area contributed by atoms with Crippen LogP contribution < -0.4 is 22.1 Å². The fourth-order valence-electron chi connectivity index (χ4n) is 4.13. The second kappa shape index (κ2) is 24.9. The minimum Gasteiger partial charge on any atom is -0.394 e. The molecular formula is C27H56N4O3. The van der Waals surface area contributed by atoms with Crippen LogP contribution in [-0.2, 0) is 9.59 Å². The second-order valence-electron chi connectivity index (χ2n) is 9.73.